The summed E-state index contributed by atoms with van der Waals surface area (Å²) in [5, 5.41) is 12.1. The molecule has 0 bridgehead atoms. The molecule has 0 atom stereocenters. The lowest BCUT2D eigenvalue weighted by Gasteiger charge is -2.41. The van der Waals surface area contributed by atoms with Gasteiger partial charge in [0.2, 0.25) is 5.88 Å². The number of pyridine rings is 1. The van der Waals surface area contributed by atoms with Crippen LogP contribution in [0.25, 0.3) is 0 Å². The fraction of sp³-hybridized carbons (Fsp3) is 0.538. The van der Waals surface area contributed by atoms with E-state index in [1.807, 2.05) is 0 Å². The monoisotopic (exact) mass is 320 g/mol. The molecule has 0 radical (unpaired) electrons. The molecule has 0 saturated heterocycles. The van der Waals surface area contributed by atoms with Crippen molar-refractivity contribution in [2.24, 2.45) is 0 Å². The molecule has 2 rings (SSSR count). The molecule has 21 heavy (non-hydrogen) atoms. The lowest BCUT2D eigenvalue weighted by Crippen LogP contribution is -2.60. The number of rotatable bonds is 6. The summed E-state index contributed by atoms with van der Waals surface area (Å²) in [6, 6.07) is 3.10. The van der Waals surface area contributed by atoms with Crippen LogP contribution in [0.4, 0.5) is 8.78 Å². The molecule has 1 fully saturated rings. The lowest BCUT2D eigenvalue weighted by molar-refractivity contribution is -0.215. The van der Waals surface area contributed by atoms with Crippen molar-refractivity contribution in [3.63, 3.8) is 0 Å². The molecule has 1 amide bonds. The van der Waals surface area contributed by atoms with Gasteiger partial charge in [0.05, 0.1) is 11.6 Å². The van der Waals surface area contributed by atoms with Crippen molar-refractivity contribution in [1.82, 2.24) is 10.3 Å². The summed E-state index contributed by atoms with van der Waals surface area (Å²) in [4.78, 5) is 15.3. The Morgan fingerprint density at radius 1 is 1.52 bits per heavy atom. The maximum Gasteiger partial charge on any atom is 0.352 e. The molecule has 5 nitrogen and oxygen atoms in total. The van der Waals surface area contributed by atoms with Crippen LogP contribution < -0.4 is 10.1 Å². The molecule has 0 aromatic carbocycles. The van der Waals surface area contributed by atoms with E-state index in [-0.39, 0.29) is 31.9 Å². The van der Waals surface area contributed by atoms with Crippen LogP contribution >= 0.6 is 11.6 Å². The van der Waals surface area contributed by atoms with E-state index in [1.165, 1.54) is 12.3 Å². The predicted molar refractivity (Wildman–Crippen MR) is 71.5 cm³/mol. The second-order valence-electron chi connectivity index (χ2n) is 4.88. The van der Waals surface area contributed by atoms with Gasteiger partial charge in [-0.15, -0.1) is 0 Å². The highest BCUT2D eigenvalue weighted by Crippen LogP contribution is 2.44. The minimum absolute atomic E-state index is 0.0190. The molecule has 1 heterocycles. The first-order chi connectivity index (χ1) is 9.85. The van der Waals surface area contributed by atoms with Crippen LogP contribution in [0.2, 0.25) is 5.02 Å². The summed E-state index contributed by atoms with van der Waals surface area (Å²) in [7, 11) is 0. The van der Waals surface area contributed by atoms with E-state index in [0.717, 1.165) is 0 Å². The number of aliphatic hydroxyl groups is 1. The van der Waals surface area contributed by atoms with E-state index in [1.54, 1.807) is 6.07 Å². The molecule has 0 aliphatic heterocycles. The van der Waals surface area contributed by atoms with Gasteiger partial charge in [0.25, 0.3) is 5.91 Å². The quantitative estimate of drug-likeness (QED) is 0.784. The third-order valence-electron chi connectivity index (χ3n) is 3.39. The summed E-state index contributed by atoms with van der Waals surface area (Å²) < 4.78 is 32.6. The minimum atomic E-state index is -3.79. The third-order valence-corrected chi connectivity index (χ3v) is 3.61. The van der Waals surface area contributed by atoms with Gasteiger partial charge in [-0.1, -0.05) is 11.6 Å². The Morgan fingerprint density at radius 2 is 2.24 bits per heavy atom. The number of alkyl halides is 2. The van der Waals surface area contributed by atoms with Gasteiger partial charge in [-0.25, -0.2) is 4.98 Å². The van der Waals surface area contributed by atoms with Gasteiger partial charge in [-0.05, 0) is 25.3 Å². The van der Waals surface area contributed by atoms with Gasteiger partial charge in [-0.2, -0.15) is 8.78 Å². The number of aromatic nitrogens is 1. The van der Waals surface area contributed by atoms with Gasteiger partial charge in [0.15, 0.2) is 0 Å². The second-order valence-corrected chi connectivity index (χ2v) is 5.31. The largest absolute Gasteiger partial charge is 0.476 e. The molecule has 2 N–H and O–H groups in total. The first-order valence-corrected chi connectivity index (χ1v) is 6.86. The van der Waals surface area contributed by atoms with Gasteiger partial charge in [0.1, 0.15) is 12.2 Å². The summed E-state index contributed by atoms with van der Waals surface area (Å²) in [5.74, 6) is -5.00. The van der Waals surface area contributed by atoms with E-state index >= 15 is 0 Å². The molecule has 1 saturated carbocycles. The second kappa shape index (κ2) is 6.11. The molecule has 116 valence electrons. The maximum absolute atomic E-state index is 13.7. The van der Waals surface area contributed by atoms with E-state index < -0.39 is 17.4 Å². The van der Waals surface area contributed by atoms with Gasteiger partial charge < -0.3 is 15.2 Å². The van der Waals surface area contributed by atoms with Crippen molar-refractivity contribution < 1.29 is 23.4 Å². The minimum Gasteiger partial charge on any atom is -0.476 e. The van der Waals surface area contributed by atoms with Crippen LogP contribution in [0.15, 0.2) is 18.3 Å². The molecular weight excluding hydrogens is 306 g/mol. The topological polar surface area (TPSA) is 71.5 Å². The zero-order valence-corrected chi connectivity index (χ0v) is 11.9. The van der Waals surface area contributed by atoms with Crippen LogP contribution in [0, 0.1) is 0 Å². The zero-order valence-electron chi connectivity index (χ0n) is 11.1. The van der Waals surface area contributed by atoms with Crippen molar-refractivity contribution >= 4 is 17.5 Å². The van der Waals surface area contributed by atoms with Crippen molar-refractivity contribution in [3.05, 3.63) is 23.4 Å². The predicted octanol–water partition coefficient (Wildman–Crippen LogP) is 1.78. The number of halogens is 3. The van der Waals surface area contributed by atoms with E-state index in [4.69, 9.17) is 16.3 Å². The molecule has 0 spiro atoms. The van der Waals surface area contributed by atoms with Crippen LogP contribution in [0.1, 0.15) is 19.3 Å². The van der Waals surface area contributed by atoms with Gasteiger partial charge >= 0.3 is 5.92 Å². The highest BCUT2D eigenvalue weighted by molar-refractivity contribution is 6.30. The Morgan fingerprint density at radius 3 is 2.76 bits per heavy atom. The Kier molecular flexibility index (Phi) is 4.63. The molecular formula is C13H15ClF2N2O3. The van der Waals surface area contributed by atoms with Crippen LogP contribution in [-0.2, 0) is 4.79 Å². The number of amides is 1. The molecule has 1 aliphatic rings. The standard InChI is InChI=1S/C13H15ClF2N2O3/c14-9-2-3-10(18-8-9)21-7-6-17-11(19)13(15,16)12(20)4-1-5-12/h2-3,8,20H,1,4-7H2,(H,17,19). The van der Waals surface area contributed by atoms with E-state index in [2.05, 4.69) is 10.3 Å². The van der Waals surface area contributed by atoms with E-state index in [0.29, 0.717) is 11.4 Å². The van der Waals surface area contributed by atoms with Gasteiger partial charge in [-0.3, -0.25) is 4.79 Å². The summed E-state index contributed by atoms with van der Waals surface area (Å²) in [6.45, 7) is -0.135. The summed E-state index contributed by atoms with van der Waals surface area (Å²) in [5.41, 5.74) is -2.21. The number of carbonyl (C=O) groups is 1. The number of nitrogens with one attached hydrogen (secondary N) is 1. The fourth-order valence-electron chi connectivity index (χ4n) is 1.92. The van der Waals surface area contributed by atoms with Gasteiger partial charge in [0, 0.05) is 12.3 Å². The van der Waals surface area contributed by atoms with Crippen LogP contribution in [0.3, 0.4) is 0 Å². The summed E-state index contributed by atoms with van der Waals surface area (Å²) >= 11 is 5.64. The maximum atomic E-state index is 13.7. The lowest BCUT2D eigenvalue weighted by atomic mass is 9.75. The molecule has 1 aliphatic carbocycles. The van der Waals surface area contributed by atoms with Crippen LogP contribution in [-0.4, -0.2) is 40.7 Å². The molecule has 8 heteroatoms. The van der Waals surface area contributed by atoms with Crippen molar-refractivity contribution in [1.29, 1.82) is 0 Å². The molecule has 1 aromatic heterocycles. The summed E-state index contributed by atoms with van der Waals surface area (Å²) in [6.07, 6.45) is 1.73. The van der Waals surface area contributed by atoms with Crippen molar-refractivity contribution in [2.45, 2.75) is 30.8 Å². The average Bonchev–Trinajstić information content (AvgIpc) is 2.42. The van der Waals surface area contributed by atoms with Crippen molar-refractivity contribution in [3.8, 4) is 5.88 Å². The normalized spacial score (nSPS) is 17.0. The third kappa shape index (κ3) is 3.41. The average molecular weight is 321 g/mol. The number of hydrogen-bond donors (Lipinski definition) is 2. The van der Waals surface area contributed by atoms with E-state index in [9.17, 15) is 18.7 Å². The number of carbonyl (C=O) groups excluding carboxylic acids is 1. The number of ether oxygens (including phenoxy) is 1. The fourth-order valence-corrected chi connectivity index (χ4v) is 2.03. The zero-order chi connectivity index (χ0) is 15.5. The molecule has 1 aromatic rings. The highest BCUT2D eigenvalue weighted by Gasteiger charge is 2.60. The SMILES string of the molecule is O=C(NCCOc1ccc(Cl)cn1)C(F)(F)C1(O)CCC1. The Bertz CT molecular complexity index is 507. The number of hydrogen-bond acceptors (Lipinski definition) is 4. The Balaban J connectivity index is 1.75. The number of nitrogens with zero attached hydrogens (tertiary/aromatic N) is 1. The molecule has 0 unspecified atom stereocenters. The highest BCUT2D eigenvalue weighted by atomic mass is 35.5. The first kappa shape index (κ1) is 15.9. The first-order valence-electron chi connectivity index (χ1n) is 6.48. The Hall–Kier alpha value is -1.47. The van der Waals surface area contributed by atoms with Crippen molar-refractivity contribution in [2.75, 3.05) is 13.2 Å². The van der Waals surface area contributed by atoms with Crippen LogP contribution in [0.5, 0.6) is 5.88 Å². The Labute approximate surface area is 125 Å². The smallest absolute Gasteiger partial charge is 0.352 e.